The number of rotatable bonds is 2. The van der Waals surface area contributed by atoms with E-state index in [2.05, 4.69) is 0 Å². The highest BCUT2D eigenvalue weighted by molar-refractivity contribution is 5.31. The average molecular weight is 184 g/mol. The third-order valence-corrected chi connectivity index (χ3v) is 1.96. The van der Waals surface area contributed by atoms with Gasteiger partial charge in [-0.15, -0.1) is 0 Å². The summed E-state index contributed by atoms with van der Waals surface area (Å²) in [7, 11) is 0. The van der Waals surface area contributed by atoms with Crippen LogP contribution in [0.1, 0.15) is 13.8 Å². The van der Waals surface area contributed by atoms with E-state index in [4.69, 9.17) is 5.11 Å². The Morgan fingerprint density at radius 3 is 2.69 bits per heavy atom. The number of hydrogen-bond donors (Lipinski definition) is 1. The van der Waals surface area contributed by atoms with Crippen molar-refractivity contribution in [3.8, 4) is 0 Å². The predicted molar refractivity (Wildman–Crippen MR) is 47.2 cm³/mol. The number of hydrogen-bond acceptors (Lipinski definition) is 4. The number of aliphatic hydroxyl groups is 1. The van der Waals surface area contributed by atoms with Crippen LogP contribution in [-0.2, 0) is 0 Å². The first-order chi connectivity index (χ1) is 6.06. The molecule has 0 aromatic carbocycles. The highest BCUT2D eigenvalue weighted by Gasteiger charge is 2.23. The van der Waals surface area contributed by atoms with E-state index >= 15 is 0 Å². The minimum Gasteiger partial charge on any atom is -0.376 e. The Bertz CT molecular complexity index is 294. The van der Waals surface area contributed by atoms with Crippen LogP contribution in [0.4, 0.5) is 0 Å². The largest absolute Gasteiger partial charge is 0.376 e. The summed E-state index contributed by atoms with van der Waals surface area (Å²) in [4.78, 5) is 11.8. The fourth-order valence-corrected chi connectivity index (χ4v) is 1.49. The topological polar surface area (TPSA) is 66.6 Å². The molecule has 1 aliphatic heterocycles. The van der Waals surface area contributed by atoms with E-state index in [9.17, 15) is 10.1 Å². The smallest absolute Gasteiger partial charge is 0.274 e. The highest BCUT2D eigenvalue weighted by atomic mass is 16.6. The molecule has 0 fully saturated rings. The summed E-state index contributed by atoms with van der Waals surface area (Å²) in [6.45, 7) is 3.69. The van der Waals surface area contributed by atoms with Crippen molar-refractivity contribution in [3.05, 3.63) is 33.2 Å². The van der Waals surface area contributed by atoms with Gasteiger partial charge in [-0.3, -0.25) is 10.1 Å². The van der Waals surface area contributed by atoms with Crippen LogP contribution in [0.3, 0.4) is 0 Å². The minimum atomic E-state index is -0.379. The van der Waals surface area contributed by atoms with Gasteiger partial charge >= 0.3 is 0 Å². The van der Waals surface area contributed by atoms with Crippen LogP contribution in [0.2, 0.25) is 0 Å². The molecule has 1 aliphatic rings. The molecule has 0 saturated carbocycles. The molecule has 1 rings (SSSR count). The van der Waals surface area contributed by atoms with Gasteiger partial charge in [0.1, 0.15) is 6.73 Å². The molecule has 72 valence electrons. The first-order valence-electron chi connectivity index (χ1n) is 3.94. The molecule has 0 unspecified atom stereocenters. The molecular formula is C8H12N2O3. The van der Waals surface area contributed by atoms with E-state index in [0.29, 0.717) is 17.7 Å². The second kappa shape index (κ2) is 3.57. The monoisotopic (exact) mass is 184 g/mol. The van der Waals surface area contributed by atoms with Gasteiger partial charge in [0.05, 0.1) is 4.92 Å². The van der Waals surface area contributed by atoms with Gasteiger partial charge in [-0.25, -0.2) is 0 Å². The molecule has 0 aromatic heterocycles. The van der Waals surface area contributed by atoms with E-state index in [-0.39, 0.29) is 17.4 Å². The summed E-state index contributed by atoms with van der Waals surface area (Å²) in [5, 5.41) is 19.4. The van der Waals surface area contributed by atoms with Crippen molar-refractivity contribution in [2.24, 2.45) is 0 Å². The molecule has 0 spiro atoms. The molecule has 0 aliphatic carbocycles. The van der Waals surface area contributed by atoms with Gasteiger partial charge < -0.3 is 10.0 Å². The Labute approximate surface area is 76.1 Å². The molecule has 0 atom stereocenters. The van der Waals surface area contributed by atoms with Crippen molar-refractivity contribution in [1.29, 1.82) is 0 Å². The number of nitrogens with zero attached hydrogens (tertiary/aromatic N) is 2. The third kappa shape index (κ3) is 1.86. The molecular weight excluding hydrogens is 172 g/mol. The Hall–Kier alpha value is -1.36. The Balaban J connectivity index is 2.98. The summed E-state index contributed by atoms with van der Waals surface area (Å²) < 4.78 is 0. The van der Waals surface area contributed by atoms with Crippen molar-refractivity contribution in [3.63, 3.8) is 0 Å². The zero-order valence-electron chi connectivity index (χ0n) is 7.65. The molecule has 0 amide bonds. The molecule has 0 radical (unpaired) electrons. The van der Waals surface area contributed by atoms with E-state index < -0.39 is 0 Å². The molecule has 0 aromatic rings. The summed E-state index contributed by atoms with van der Waals surface area (Å²) in [5.41, 5.74) is 1.44. The number of nitro groups is 1. The summed E-state index contributed by atoms with van der Waals surface area (Å²) in [6, 6.07) is 0. The van der Waals surface area contributed by atoms with Gasteiger partial charge in [-0.1, -0.05) is 0 Å². The lowest BCUT2D eigenvalue weighted by Gasteiger charge is -2.22. The Kier molecular flexibility index (Phi) is 2.67. The number of aliphatic hydroxyl groups excluding tert-OH is 1. The first-order valence-corrected chi connectivity index (χ1v) is 3.94. The summed E-state index contributed by atoms with van der Waals surface area (Å²) >= 11 is 0. The fourth-order valence-electron chi connectivity index (χ4n) is 1.49. The van der Waals surface area contributed by atoms with E-state index in [1.54, 1.807) is 24.9 Å². The van der Waals surface area contributed by atoms with Gasteiger partial charge in [0, 0.05) is 23.9 Å². The second-order valence-electron chi connectivity index (χ2n) is 3.09. The van der Waals surface area contributed by atoms with Crippen LogP contribution in [0, 0.1) is 10.1 Å². The van der Waals surface area contributed by atoms with E-state index in [1.807, 2.05) is 0 Å². The van der Waals surface area contributed by atoms with Gasteiger partial charge in [0.2, 0.25) is 0 Å². The van der Waals surface area contributed by atoms with Crippen LogP contribution in [-0.4, -0.2) is 28.2 Å². The van der Waals surface area contributed by atoms with Gasteiger partial charge in [-0.05, 0) is 13.8 Å². The molecule has 0 saturated heterocycles. The van der Waals surface area contributed by atoms with Crippen LogP contribution < -0.4 is 0 Å². The standard InChI is InChI=1S/C8H12N2O3/c1-6-3-9(5-11)4-7(2)8(6)10(12)13/h3,11H,4-5H2,1-2H3. The van der Waals surface area contributed by atoms with Crippen LogP contribution in [0.15, 0.2) is 23.0 Å². The van der Waals surface area contributed by atoms with Gasteiger partial charge in [0.25, 0.3) is 5.70 Å². The second-order valence-corrected chi connectivity index (χ2v) is 3.09. The SMILES string of the molecule is CC1=CN(CO)CC(C)=C1[N+](=O)[O-]. The van der Waals surface area contributed by atoms with Crippen LogP contribution in [0.5, 0.6) is 0 Å². The normalized spacial score (nSPS) is 17.5. The maximum absolute atomic E-state index is 10.6. The summed E-state index contributed by atoms with van der Waals surface area (Å²) in [6.07, 6.45) is 1.60. The van der Waals surface area contributed by atoms with E-state index in [0.717, 1.165) is 0 Å². The average Bonchev–Trinajstić information content (AvgIpc) is 2.02. The van der Waals surface area contributed by atoms with Crippen molar-refractivity contribution >= 4 is 0 Å². The Morgan fingerprint density at radius 2 is 2.31 bits per heavy atom. The maximum atomic E-state index is 10.6. The van der Waals surface area contributed by atoms with Crippen LogP contribution in [0.25, 0.3) is 0 Å². The van der Waals surface area contributed by atoms with Crippen molar-refractivity contribution in [2.75, 3.05) is 13.3 Å². The zero-order chi connectivity index (χ0) is 10.0. The van der Waals surface area contributed by atoms with Crippen LogP contribution >= 0.6 is 0 Å². The van der Waals surface area contributed by atoms with Gasteiger partial charge in [-0.2, -0.15) is 0 Å². The molecule has 1 heterocycles. The summed E-state index contributed by atoms with van der Waals surface area (Å²) in [5.74, 6) is 0. The zero-order valence-corrected chi connectivity index (χ0v) is 7.65. The minimum absolute atomic E-state index is 0.111. The Morgan fingerprint density at radius 1 is 1.69 bits per heavy atom. The third-order valence-electron chi connectivity index (χ3n) is 1.96. The molecule has 5 nitrogen and oxygen atoms in total. The maximum Gasteiger partial charge on any atom is 0.274 e. The predicted octanol–water partition coefficient (Wildman–Crippen LogP) is 0.706. The van der Waals surface area contributed by atoms with Crippen molar-refractivity contribution < 1.29 is 10.0 Å². The quantitative estimate of drug-likeness (QED) is 0.507. The molecule has 5 heteroatoms. The molecule has 13 heavy (non-hydrogen) atoms. The lowest BCUT2D eigenvalue weighted by Crippen LogP contribution is -2.26. The lowest BCUT2D eigenvalue weighted by atomic mass is 10.1. The number of allylic oxidation sites excluding steroid dienone is 1. The molecule has 1 N–H and O–H groups in total. The molecule has 0 bridgehead atoms. The van der Waals surface area contributed by atoms with Crippen molar-refractivity contribution in [2.45, 2.75) is 13.8 Å². The lowest BCUT2D eigenvalue weighted by molar-refractivity contribution is -0.422. The first kappa shape index (κ1) is 9.73. The van der Waals surface area contributed by atoms with Gasteiger partial charge in [0.15, 0.2) is 0 Å². The fraction of sp³-hybridized carbons (Fsp3) is 0.500. The van der Waals surface area contributed by atoms with E-state index in [1.165, 1.54) is 0 Å². The highest BCUT2D eigenvalue weighted by Crippen LogP contribution is 2.21. The van der Waals surface area contributed by atoms with Crippen molar-refractivity contribution in [1.82, 2.24) is 4.90 Å².